The highest BCUT2D eigenvalue weighted by Gasteiger charge is 2.24. The van der Waals surface area contributed by atoms with E-state index in [1.54, 1.807) is 12.1 Å². The lowest BCUT2D eigenvalue weighted by atomic mass is 10.2. The average molecular weight is 374 g/mol. The highest BCUT2D eigenvalue weighted by atomic mass is 32.2. The van der Waals surface area contributed by atoms with E-state index < -0.39 is 16.0 Å². The van der Waals surface area contributed by atoms with Crippen LogP contribution in [0.4, 0.5) is 5.69 Å². The van der Waals surface area contributed by atoms with Crippen molar-refractivity contribution in [2.24, 2.45) is 0 Å². The topological polar surface area (TPSA) is 102 Å². The molecule has 1 aliphatic carbocycles. The Morgan fingerprint density at radius 1 is 1.04 bits per heavy atom. The van der Waals surface area contributed by atoms with Crippen LogP contribution >= 0.6 is 0 Å². The fraction of sp³-hybridized carbons (Fsp3) is 0.222. The van der Waals surface area contributed by atoms with E-state index in [4.69, 9.17) is 0 Å². The van der Waals surface area contributed by atoms with Gasteiger partial charge < -0.3 is 10.1 Å². The lowest BCUT2D eigenvalue weighted by Gasteiger charge is -2.12. The van der Waals surface area contributed by atoms with Crippen LogP contribution in [0.5, 0.6) is 0 Å². The molecule has 2 aromatic rings. The second-order valence-corrected chi connectivity index (χ2v) is 7.60. The van der Waals surface area contributed by atoms with E-state index in [0.717, 1.165) is 12.8 Å². The SMILES string of the molecule is COC(=O)c1ccccc1NS(=O)(=O)c1ccc(C(=O)NC2CC2)cc1. The molecule has 7 nitrogen and oxygen atoms in total. The summed E-state index contributed by atoms with van der Waals surface area (Å²) < 4.78 is 32.2. The zero-order valence-corrected chi connectivity index (χ0v) is 14.9. The van der Waals surface area contributed by atoms with Crippen molar-refractivity contribution in [3.8, 4) is 0 Å². The third kappa shape index (κ3) is 4.02. The Kier molecular flexibility index (Phi) is 4.94. The molecule has 0 unspecified atom stereocenters. The van der Waals surface area contributed by atoms with Gasteiger partial charge in [-0.25, -0.2) is 13.2 Å². The quantitative estimate of drug-likeness (QED) is 0.755. The molecule has 0 saturated heterocycles. The maximum atomic E-state index is 12.6. The zero-order valence-electron chi connectivity index (χ0n) is 14.1. The molecule has 1 amide bonds. The summed E-state index contributed by atoms with van der Waals surface area (Å²) in [6, 6.07) is 12.0. The van der Waals surface area contributed by atoms with E-state index in [2.05, 4.69) is 14.8 Å². The third-order valence-electron chi connectivity index (χ3n) is 3.92. The number of sulfonamides is 1. The molecule has 1 fully saturated rings. The van der Waals surface area contributed by atoms with Gasteiger partial charge in [0, 0.05) is 11.6 Å². The molecule has 1 aliphatic rings. The predicted octanol–water partition coefficient (Wildman–Crippen LogP) is 2.17. The number of amides is 1. The number of carbonyl (C=O) groups is 2. The molecule has 136 valence electrons. The van der Waals surface area contributed by atoms with E-state index >= 15 is 0 Å². The van der Waals surface area contributed by atoms with Crippen LogP contribution in [0.1, 0.15) is 33.6 Å². The average Bonchev–Trinajstić information content (AvgIpc) is 3.45. The minimum atomic E-state index is -3.92. The first-order chi connectivity index (χ1) is 12.4. The largest absolute Gasteiger partial charge is 0.465 e. The second kappa shape index (κ2) is 7.17. The number of carbonyl (C=O) groups excluding carboxylic acids is 2. The van der Waals surface area contributed by atoms with Gasteiger partial charge >= 0.3 is 5.97 Å². The van der Waals surface area contributed by atoms with Crippen LogP contribution in [-0.2, 0) is 14.8 Å². The molecule has 0 aliphatic heterocycles. The number of para-hydroxylation sites is 1. The Morgan fingerprint density at radius 2 is 1.69 bits per heavy atom. The smallest absolute Gasteiger partial charge is 0.339 e. The molecule has 0 heterocycles. The number of hydrogen-bond acceptors (Lipinski definition) is 5. The minimum absolute atomic E-state index is 0.0138. The van der Waals surface area contributed by atoms with Gasteiger partial charge in [-0.05, 0) is 49.2 Å². The normalized spacial score (nSPS) is 13.7. The Hall–Kier alpha value is -2.87. The van der Waals surface area contributed by atoms with E-state index in [0.29, 0.717) is 5.56 Å². The zero-order chi connectivity index (χ0) is 18.7. The summed E-state index contributed by atoms with van der Waals surface area (Å²) in [4.78, 5) is 23.7. The van der Waals surface area contributed by atoms with E-state index in [-0.39, 0.29) is 28.1 Å². The maximum absolute atomic E-state index is 12.6. The molecule has 26 heavy (non-hydrogen) atoms. The predicted molar refractivity (Wildman–Crippen MR) is 95.5 cm³/mol. The number of rotatable bonds is 6. The van der Waals surface area contributed by atoms with Crippen LogP contribution in [0.25, 0.3) is 0 Å². The molecule has 0 aromatic heterocycles. The van der Waals surface area contributed by atoms with E-state index in [1.165, 1.54) is 43.5 Å². The summed E-state index contributed by atoms with van der Waals surface area (Å²) in [7, 11) is -2.70. The first-order valence-corrected chi connectivity index (χ1v) is 9.50. The van der Waals surface area contributed by atoms with Crippen LogP contribution in [0.15, 0.2) is 53.4 Å². The van der Waals surface area contributed by atoms with Gasteiger partial charge in [-0.1, -0.05) is 12.1 Å². The van der Waals surface area contributed by atoms with Crippen molar-refractivity contribution in [2.75, 3.05) is 11.8 Å². The molecule has 2 aromatic carbocycles. The fourth-order valence-electron chi connectivity index (χ4n) is 2.35. The molecule has 0 bridgehead atoms. The third-order valence-corrected chi connectivity index (χ3v) is 5.30. The number of anilines is 1. The summed E-state index contributed by atoms with van der Waals surface area (Å²) >= 11 is 0. The number of methoxy groups -OCH3 is 1. The van der Waals surface area contributed by atoms with Crippen molar-refractivity contribution < 1.29 is 22.7 Å². The molecule has 8 heteroatoms. The number of nitrogens with one attached hydrogen (secondary N) is 2. The minimum Gasteiger partial charge on any atom is -0.465 e. The summed E-state index contributed by atoms with van der Waals surface area (Å²) in [6.45, 7) is 0. The van der Waals surface area contributed by atoms with Gasteiger partial charge in [0.25, 0.3) is 15.9 Å². The first-order valence-electron chi connectivity index (χ1n) is 8.02. The van der Waals surface area contributed by atoms with Gasteiger partial charge in [-0.3, -0.25) is 9.52 Å². The standard InChI is InChI=1S/C18H18N2O5S/c1-25-18(22)15-4-2-3-5-16(15)20-26(23,24)14-10-6-12(7-11-14)17(21)19-13-8-9-13/h2-7,10-11,13,20H,8-9H2,1H3,(H,19,21). The highest BCUT2D eigenvalue weighted by Crippen LogP contribution is 2.22. The second-order valence-electron chi connectivity index (χ2n) is 5.91. The van der Waals surface area contributed by atoms with Crippen LogP contribution < -0.4 is 10.0 Å². The molecule has 0 spiro atoms. The van der Waals surface area contributed by atoms with Crippen molar-refractivity contribution in [2.45, 2.75) is 23.8 Å². The van der Waals surface area contributed by atoms with E-state index in [1.807, 2.05) is 0 Å². The van der Waals surface area contributed by atoms with Crippen LogP contribution in [0.2, 0.25) is 0 Å². The molecule has 1 saturated carbocycles. The number of esters is 1. The van der Waals surface area contributed by atoms with Crippen LogP contribution in [0.3, 0.4) is 0 Å². The molecule has 0 atom stereocenters. The maximum Gasteiger partial charge on any atom is 0.339 e. The number of hydrogen-bond donors (Lipinski definition) is 2. The lowest BCUT2D eigenvalue weighted by Crippen LogP contribution is -2.25. The van der Waals surface area contributed by atoms with Crippen molar-refractivity contribution in [1.29, 1.82) is 0 Å². The molecule has 3 rings (SSSR count). The summed E-state index contributed by atoms with van der Waals surface area (Å²) in [5, 5.41) is 2.84. The molecular formula is C18H18N2O5S. The van der Waals surface area contributed by atoms with Crippen LogP contribution in [0, 0.1) is 0 Å². The van der Waals surface area contributed by atoms with Gasteiger partial charge in [0.2, 0.25) is 0 Å². The van der Waals surface area contributed by atoms with Crippen molar-refractivity contribution in [3.05, 3.63) is 59.7 Å². The van der Waals surface area contributed by atoms with Gasteiger partial charge in [0.1, 0.15) is 0 Å². The van der Waals surface area contributed by atoms with Crippen molar-refractivity contribution in [1.82, 2.24) is 5.32 Å². The summed E-state index contributed by atoms with van der Waals surface area (Å²) in [5.74, 6) is -0.865. The summed E-state index contributed by atoms with van der Waals surface area (Å²) in [5.41, 5.74) is 0.625. The van der Waals surface area contributed by atoms with Gasteiger partial charge in [0.05, 0.1) is 23.3 Å². The van der Waals surface area contributed by atoms with Crippen molar-refractivity contribution in [3.63, 3.8) is 0 Å². The van der Waals surface area contributed by atoms with Gasteiger partial charge in [-0.2, -0.15) is 0 Å². The Balaban J connectivity index is 1.80. The first kappa shape index (κ1) is 17.9. The van der Waals surface area contributed by atoms with Gasteiger partial charge in [0.15, 0.2) is 0 Å². The number of benzene rings is 2. The number of ether oxygens (including phenoxy) is 1. The van der Waals surface area contributed by atoms with Crippen molar-refractivity contribution >= 4 is 27.6 Å². The Bertz CT molecular complexity index is 934. The Morgan fingerprint density at radius 3 is 2.31 bits per heavy atom. The van der Waals surface area contributed by atoms with Gasteiger partial charge in [-0.15, -0.1) is 0 Å². The fourth-order valence-corrected chi connectivity index (χ4v) is 3.43. The van der Waals surface area contributed by atoms with Crippen LogP contribution in [-0.4, -0.2) is 33.4 Å². The monoisotopic (exact) mass is 374 g/mol. The summed E-state index contributed by atoms with van der Waals surface area (Å²) in [6.07, 6.45) is 1.95. The molecular weight excluding hydrogens is 356 g/mol. The Labute approximate surface area is 151 Å². The lowest BCUT2D eigenvalue weighted by molar-refractivity contribution is 0.0601. The molecule has 0 radical (unpaired) electrons. The molecule has 2 N–H and O–H groups in total. The van der Waals surface area contributed by atoms with E-state index in [9.17, 15) is 18.0 Å². The highest BCUT2D eigenvalue weighted by molar-refractivity contribution is 7.92.